The minimum Gasteiger partial charge on any atom is -0.378 e. The second-order valence-electron chi connectivity index (χ2n) is 4.79. The van der Waals surface area contributed by atoms with Gasteiger partial charge in [0.2, 0.25) is 0 Å². The average Bonchev–Trinajstić information content (AvgIpc) is 2.35. The highest BCUT2D eigenvalue weighted by molar-refractivity contribution is 5.95. The van der Waals surface area contributed by atoms with E-state index < -0.39 is 0 Å². The molecule has 0 unspecified atom stereocenters. The van der Waals surface area contributed by atoms with Crippen LogP contribution in [0.1, 0.15) is 31.1 Å². The fourth-order valence-corrected chi connectivity index (χ4v) is 1.24. The Kier molecular flexibility index (Phi) is 4.89. The largest absolute Gasteiger partial charge is 0.378 e. The number of carbonyl (C=O) groups is 1. The second-order valence-corrected chi connectivity index (χ2v) is 4.79. The summed E-state index contributed by atoms with van der Waals surface area (Å²) in [7, 11) is 3.93. The molecule has 0 saturated heterocycles. The van der Waals surface area contributed by atoms with Gasteiger partial charge in [-0.1, -0.05) is 13.8 Å². The first-order chi connectivity index (χ1) is 8.41. The molecule has 0 heterocycles. The van der Waals surface area contributed by atoms with Crippen LogP contribution in [-0.4, -0.2) is 25.7 Å². The lowest BCUT2D eigenvalue weighted by atomic mass is 10.1. The molecule has 0 aliphatic carbocycles. The third-order valence-electron chi connectivity index (χ3n) is 2.82. The molecule has 0 aliphatic rings. The van der Waals surface area contributed by atoms with Crippen molar-refractivity contribution in [1.29, 1.82) is 0 Å². The third-order valence-corrected chi connectivity index (χ3v) is 2.82. The van der Waals surface area contributed by atoms with Crippen molar-refractivity contribution in [3.8, 4) is 0 Å². The van der Waals surface area contributed by atoms with E-state index in [-0.39, 0.29) is 5.91 Å². The highest BCUT2D eigenvalue weighted by Crippen LogP contribution is 2.12. The summed E-state index contributed by atoms with van der Waals surface area (Å²) < 4.78 is 0. The molecule has 1 aromatic rings. The molecule has 4 nitrogen and oxygen atoms in total. The summed E-state index contributed by atoms with van der Waals surface area (Å²) in [6.07, 6.45) is 0. The van der Waals surface area contributed by atoms with E-state index in [0.29, 0.717) is 11.5 Å². The van der Waals surface area contributed by atoms with Gasteiger partial charge in [-0.25, -0.2) is 5.43 Å². The summed E-state index contributed by atoms with van der Waals surface area (Å²) >= 11 is 0. The molecule has 0 saturated carbocycles. The van der Waals surface area contributed by atoms with Crippen LogP contribution in [0.25, 0.3) is 0 Å². The number of hydrazone groups is 1. The van der Waals surface area contributed by atoms with Crippen LogP contribution in [-0.2, 0) is 0 Å². The van der Waals surface area contributed by atoms with Gasteiger partial charge < -0.3 is 4.90 Å². The molecule has 0 spiro atoms. The summed E-state index contributed by atoms with van der Waals surface area (Å²) in [4.78, 5) is 13.8. The summed E-state index contributed by atoms with van der Waals surface area (Å²) in [6.45, 7) is 5.98. The van der Waals surface area contributed by atoms with Gasteiger partial charge in [0, 0.05) is 31.1 Å². The standard InChI is InChI=1S/C14H21N3O/c1-10(2)11(3)15-16-14(18)12-6-8-13(9-7-12)17(4)5/h6-10H,1-5H3,(H,16,18)/b15-11-. The first kappa shape index (κ1) is 14.2. The van der Waals surface area contributed by atoms with Gasteiger partial charge in [0.05, 0.1) is 0 Å². The van der Waals surface area contributed by atoms with Crippen molar-refractivity contribution in [3.63, 3.8) is 0 Å². The number of carbonyl (C=O) groups excluding carboxylic acids is 1. The molecule has 0 aromatic heterocycles. The maximum absolute atomic E-state index is 11.8. The lowest BCUT2D eigenvalue weighted by Gasteiger charge is -2.12. The summed E-state index contributed by atoms with van der Waals surface area (Å²) in [5, 5.41) is 4.06. The normalized spacial score (nSPS) is 11.6. The molecule has 0 radical (unpaired) electrons. The van der Waals surface area contributed by atoms with Crippen LogP contribution in [0.4, 0.5) is 5.69 Å². The Morgan fingerprint density at radius 3 is 2.22 bits per heavy atom. The van der Waals surface area contributed by atoms with Crippen molar-refractivity contribution >= 4 is 17.3 Å². The molecule has 1 aromatic carbocycles. The van der Waals surface area contributed by atoms with Gasteiger partial charge in [-0.2, -0.15) is 5.10 Å². The molecule has 0 fully saturated rings. The molecular formula is C14H21N3O. The van der Waals surface area contributed by atoms with Crippen LogP contribution in [0.3, 0.4) is 0 Å². The van der Waals surface area contributed by atoms with E-state index in [4.69, 9.17) is 0 Å². The maximum atomic E-state index is 11.8. The van der Waals surface area contributed by atoms with Crippen molar-refractivity contribution in [2.24, 2.45) is 11.0 Å². The SMILES string of the molecule is C/C(=N/NC(=O)c1ccc(N(C)C)cc1)C(C)C. The number of hydrogen-bond donors (Lipinski definition) is 1. The Morgan fingerprint density at radius 2 is 1.78 bits per heavy atom. The number of hydrogen-bond acceptors (Lipinski definition) is 3. The van der Waals surface area contributed by atoms with Gasteiger partial charge in [0.25, 0.3) is 5.91 Å². The van der Waals surface area contributed by atoms with Crippen LogP contribution >= 0.6 is 0 Å². The highest BCUT2D eigenvalue weighted by atomic mass is 16.2. The second kappa shape index (κ2) is 6.19. The Bertz CT molecular complexity index is 433. The first-order valence-corrected chi connectivity index (χ1v) is 6.03. The number of anilines is 1. The number of rotatable bonds is 4. The highest BCUT2D eigenvalue weighted by Gasteiger charge is 2.05. The van der Waals surface area contributed by atoms with Crippen LogP contribution < -0.4 is 10.3 Å². The van der Waals surface area contributed by atoms with Gasteiger partial charge >= 0.3 is 0 Å². The zero-order valence-corrected chi connectivity index (χ0v) is 11.7. The van der Waals surface area contributed by atoms with Crippen LogP contribution in [0.2, 0.25) is 0 Å². The molecule has 1 amide bonds. The monoisotopic (exact) mass is 247 g/mol. The quantitative estimate of drug-likeness (QED) is 0.656. The smallest absolute Gasteiger partial charge is 0.271 e. The van der Waals surface area contributed by atoms with Crippen molar-refractivity contribution in [3.05, 3.63) is 29.8 Å². The molecule has 4 heteroatoms. The van der Waals surface area contributed by atoms with Gasteiger partial charge in [0.15, 0.2) is 0 Å². The van der Waals surface area contributed by atoms with Gasteiger partial charge in [0.1, 0.15) is 0 Å². The summed E-state index contributed by atoms with van der Waals surface area (Å²) in [5.74, 6) is 0.154. The molecule has 0 aliphatic heterocycles. The zero-order valence-electron chi connectivity index (χ0n) is 11.7. The fraction of sp³-hybridized carbons (Fsp3) is 0.429. The van der Waals surface area contributed by atoms with Crippen LogP contribution in [0, 0.1) is 5.92 Å². The van der Waals surface area contributed by atoms with E-state index in [2.05, 4.69) is 10.5 Å². The molecule has 1 N–H and O–H groups in total. The Hall–Kier alpha value is -1.84. The van der Waals surface area contributed by atoms with Crippen LogP contribution in [0.5, 0.6) is 0 Å². The lowest BCUT2D eigenvalue weighted by molar-refractivity contribution is 0.0954. The average molecular weight is 247 g/mol. The predicted octanol–water partition coefficient (Wildman–Crippen LogP) is 2.51. The fourth-order valence-electron chi connectivity index (χ4n) is 1.24. The Balaban J connectivity index is 2.71. The van der Waals surface area contributed by atoms with Crippen molar-refractivity contribution in [2.75, 3.05) is 19.0 Å². The van der Waals surface area contributed by atoms with E-state index in [0.717, 1.165) is 11.4 Å². The van der Waals surface area contributed by atoms with Gasteiger partial charge in [-0.3, -0.25) is 4.79 Å². The molecule has 0 bridgehead atoms. The van der Waals surface area contributed by atoms with Gasteiger partial charge in [-0.15, -0.1) is 0 Å². The number of amides is 1. The topological polar surface area (TPSA) is 44.7 Å². The van der Waals surface area contributed by atoms with E-state index in [9.17, 15) is 4.79 Å². The van der Waals surface area contributed by atoms with Crippen molar-refractivity contribution in [1.82, 2.24) is 5.43 Å². The number of benzene rings is 1. The maximum Gasteiger partial charge on any atom is 0.271 e. The summed E-state index contributed by atoms with van der Waals surface area (Å²) in [6, 6.07) is 7.41. The van der Waals surface area contributed by atoms with E-state index >= 15 is 0 Å². The van der Waals surface area contributed by atoms with E-state index in [1.807, 2.05) is 51.9 Å². The Labute approximate surface area is 109 Å². The van der Waals surface area contributed by atoms with E-state index in [1.165, 1.54) is 0 Å². The molecule has 1 rings (SSSR count). The molecule has 0 atom stereocenters. The Morgan fingerprint density at radius 1 is 1.22 bits per heavy atom. The van der Waals surface area contributed by atoms with E-state index in [1.54, 1.807) is 12.1 Å². The van der Waals surface area contributed by atoms with Gasteiger partial charge in [-0.05, 0) is 37.1 Å². The first-order valence-electron chi connectivity index (χ1n) is 6.03. The number of nitrogens with one attached hydrogen (secondary N) is 1. The summed E-state index contributed by atoms with van der Waals surface area (Å²) in [5.41, 5.74) is 5.15. The molecule has 98 valence electrons. The van der Waals surface area contributed by atoms with Crippen LogP contribution in [0.15, 0.2) is 29.4 Å². The zero-order chi connectivity index (χ0) is 13.7. The minimum absolute atomic E-state index is 0.180. The molecular weight excluding hydrogens is 226 g/mol. The molecule has 18 heavy (non-hydrogen) atoms. The predicted molar refractivity (Wildman–Crippen MR) is 76.2 cm³/mol. The van der Waals surface area contributed by atoms with Crippen molar-refractivity contribution < 1.29 is 4.79 Å². The number of nitrogens with zero attached hydrogens (tertiary/aromatic N) is 2. The third kappa shape index (κ3) is 3.87. The van der Waals surface area contributed by atoms with Crippen molar-refractivity contribution in [2.45, 2.75) is 20.8 Å². The lowest BCUT2D eigenvalue weighted by Crippen LogP contribution is -2.20. The minimum atomic E-state index is -0.180.